The number of aromatic nitrogens is 2. The van der Waals surface area contributed by atoms with Crippen molar-refractivity contribution in [2.45, 2.75) is 38.5 Å². The van der Waals surface area contributed by atoms with Gasteiger partial charge < -0.3 is 14.8 Å². The summed E-state index contributed by atoms with van der Waals surface area (Å²) in [5.41, 5.74) is 1.10. The lowest BCUT2D eigenvalue weighted by Crippen LogP contribution is -2.37. The van der Waals surface area contributed by atoms with Crippen LogP contribution in [-0.4, -0.2) is 35.2 Å². The van der Waals surface area contributed by atoms with Gasteiger partial charge in [0.15, 0.2) is 4.96 Å². The second-order valence-corrected chi connectivity index (χ2v) is 5.78. The fraction of sp³-hybridized carbons (Fsp3) is 0.615. The maximum atomic E-state index is 5.57. The van der Waals surface area contributed by atoms with Gasteiger partial charge in [-0.25, -0.2) is 0 Å². The van der Waals surface area contributed by atoms with Gasteiger partial charge in [-0.05, 0) is 19.8 Å². The first kappa shape index (κ1) is 12.9. The highest BCUT2D eigenvalue weighted by molar-refractivity contribution is 7.15. The molecule has 5 nitrogen and oxygen atoms in total. The molecule has 0 bridgehead atoms. The van der Waals surface area contributed by atoms with E-state index in [1.165, 1.54) is 0 Å². The Bertz CT molecular complexity index is 551. The van der Waals surface area contributed by atoms with Crippen LogP contribution in [0, 0.1) is 0 Å². The number of thiazole rings is 1. The van der Waals surface area contributed by atoms with E-state index in [0.717, 1.165) is 42.5 Å². The summed E-state index contributed by atoms with van der Waals surface area (Å²) >= 11 is 1.62. The number of nitrogens with zero attached hydrogens (tertiary/aromatic N) is 2. The first-order valence-corrected chi connectivity index (χ1v) is 7.49. The average Bonchev–Trinajstić information content (AvgIpc) is 2.96. The number of rotatable bonds is 4. The van der Waals surface area contributed by atoms with E-state index in [4.69, 9.17) is 9.47 Å². The predicted molar refractivity (Wildman–Crippen MR) is 74.9 cm³/mol. The van der Waals surface area contributed by atoms with Gasteiger partial charge in [0.1, 0.15) is 5.69 Å². The zero-order valence-corrected chi connectivity index (χ0v) is 12.1. The van der Waals surface area contributed by atoms with Crippen LogP contribution >= 0.6 is 11.3 Å². The summed E-state index contributed by atoms with van der Waals surface area (Å²) in [4.78, 5) is 5.44. The second-order valence-electron chi connectivity index (χ2n) is 4.91. The fourth-order valence-electron chi connectivity index (χ4n) is 2.56. The van der Waals surface area contributed by atoms with Crippen molar-refractivity contribution in [1.82, 2.24) is 14.7 Å². The zero-order valence-electron chi connectivity index (χ0n) is 11.3. The Morgan fingerprint density at radius 2 is 2.53 bits per heavy atom. The van der Waals surface area contributed by atoms with Crippen LogP contribution in [-0.2, 0) is 11.3 Å². The topological polar surface area (TPSA) is 47.8 Å². The Hall–Kier alpha value is -1.11. The quantitative estimate of drug-likeness (QED) is 0.932. The second kappa shape index (κ2) is 5.48. The molecule has 3 heterocycles. The minimum Gasteiger partial charge on any atom is -0.480 e. The first-order chi connectivity index (χ1) is 9.28. The molecule has 19 heavy (non-hydrogen) atoms. The summed E-state index contributed by atoms with van der Waals surface area (Å²) in [6, 6.07) is 0.512. The van der Waals surface area contributed by atoms with E-state index in [1.807, 2.05) is 11.6 Å². The number of hydrogen-bond acceptors (Lipinski definition) is 5. The van der Waals surface area contributed by atoms with E-state index < -0.39 is 0 Å². The highest BCUT2D eigenvalue weighted by Gasteiger charge is 2.20. The summed E-state index contributed by atoms with van der Waals surface area (Å²) in [5, 5.41) is 5.64. The third kappa shape index (κ3) is 2.61. The van der Waals surface area contributed by atoms with Crippen LogP contribution in [0.1, 0.15) is 25.5 Å². The molecule has 0 aliphatic carbocycles. The van der Waals surface area contributed by atoms with E-state index in [2.05, 4.69) is 21.6 Å². The summed E-state index contributed by atoms with van der Waals surface area (Å²) in [6.45, 7) is 3.75. The fourth-order valence-corrected chi connectivity index (χ4v) is 3.29. The molecule has 104 valence electrons. The largest absolute Gasteiger partial charge is 0.480 e. The monoisotopic (exact) mass is 281 g/mol. The van der Waals surface area contributed by atoms with Crippen molar-refractivity contribution in [2.24, 2.45) is 0 Å². The lowest BCUT2D eigenvalue weighted by molar-refractivity contribution is 0.0129. The number of methoxy groups -OCH3 is 1. The van der Waals surface area contributed by atoms with Gasteiger partial charge in [0.05, 0.1) is 13.2 Å². The lowest BCUT2D eigenvalue weighted by atomic mass is 10.0. The Kier molecular flexibility index (Phi) is 3.72. The average molecular weight is 281 g/mol. The van der Waals surface area contributed by atoms with Crippen LogP contribution < -0.4 is 10.1 Å². The van der Waals surface area contributed by atoms with Crippen molar-refractivity contribution in [2.75, 3.05) is 13.7 Å². The van der Waals surface area contributed by atoms with Gasteiger partial charge in [0.2, 0.25) is 5.88 Å². The van der Waals surface area contributed by atoms with Crippen molar-refractivity contribution < 1.29 is 9.47 Å². The van der Waals surface area contributed by atoms with Crippen molar-refractivity contribution in [1.29, 1.82) is 0 Å². The molecule has 0 spiro atoms. The molecule has 1 N–H and O–H groups in total. The number of ether oxygens (including phenoxy) is 2. The molecule has 3 rings (SSSR count). The molecule has 1 saturated heterocycles. The summed E-state index contributed by atoms with van der Waals surface area (Å²) < 4.78 is 13.0. The summed E-state index contributed by atoms with van der Waals surface area (Å²) in [5.74, 6) is 0.722. The maximum absolute atomic E-state index is 5.57. The Balaban J connectivity index is 1.71. The summed E-state index contributed by atoms with van der Waals surface area (Å²) in [6.07, 6.45) is 4.52. The van der Waals surface area contributed by atoms with Crippen molar-refractivity contribution in [3.63, 3.8) is 0 Å². The van der Waals surface area contributed by atoms with E-state index in [9.17, 15) is 0 Å². The number of imidazole rings is 1. The lowest BCUT2D eigenvalue weighted by Gasteiger charge is -2.28. The third-order valence-electron chi connectivity index (χ3n) is 3.56. The van der Waals surface area contributed by atoms with Crippen LogP contribution in [0.25, 0.3) is 4.96 Å². The smallest absolute Gasteiger partial charge is 0.237 e. The van der Waals surface area contributed by atoms with Gasteiger partial charge in [-0.3, -0.25) is 4.40 Å². The minimum atomic E-state index is 0.347. The Morgan fingerprint density at radius 3 is 3.32 bits per heavy atom. The van der Waals surface area contributed by atoms with Gasteiger partial charge in [-0.1, -0.05) is 0 Å². The standard InChI is InChI=1S/C13H19N3O2S/c1-9-7-10(3-5-18-9)14-8-11-12(17-2)15-13-16(11)4-6-19-13/h4,6,9-10,14H,3,5,7-8H2,1-2H3. The third-order valence-corrected chi connectivity index (χ3v) is 4.32. The summed E-state index contributed by atoms with van der Waals surface area (Å²) in [7, 11) is 1.67. The number of nitrogens with one attached hydrogen (secondary N) is 1. The normalized spacial score (nSPS) is 23.9. The van der Waals surface area contributed by atoms with Crippen LogP contribution in [0.2, 0.25) is 0 Å². The van der Waals surface area contributed by atoms with E-state index in [1.54, 1.807) is 18.4 Å². The molecule has 0 radical (unpaired) electrons. The highest BCUT2D eigenvalue weighted by atomic mass is 32.1. The van der Waals surface area contributed by atoms with Crippen molar-refractivity contribution in [3.05, 3.63) is 17.3 Å². The first-order valence-electron chi connectivity index (χ1n) is 6.61. The molecule has 2 unspecified atom stereocenters. The van der Waals surface area contributed by atoms with Gasteiger partial charge in [0.25, 0.3) is 0 Å². The van der Waals surface area contributed by atoms with Gasteiger partial charge in [0, 0.05) is 30.8 Å². The van der Waals surface area contributed by atoms with E-state index in [-0.39, 0.29) is 0 Å². The Labute approximate surface area is 116 Å². The van der Waals surface area contributed by atoms with Crippen LogP contribution in [0.5, 0.6) is 5.88 Å². The van der Waals surface area contributed by atoms with Crippen LogP contribution in [0.4, 0.5) is 0 Å². The molecule has 1 aliphatic rings. The highest BCUT2D eigenvalue weighted by Crippen LogP contribution is 2.23. The van der Waals surface area contributed by atoms with E-state index >= 15 is 0 Å². The van der Waals surface area contributed by atoms with Crippen molar-refractivity contribution >= 4 is 16.3 Å². The molecule has 1 fully saturated rings. The molecule has 0 saturated carbocycles. The number of hydrogen-bond donors (Lipinski definition) is 1. The van der Waals surface area contributed by atoms with Gasteiger partial charge >= 0.3 is 0 Å². The van der Waals surface area contributed by atoms with Gasteiger partial charge in [-0.2, -0.15) is 4.98 Å². The SMILES string of the molecule is COc1nc2sccn2c1CNC1CCOC(C)C1. The molecular formula is C13H19N3O2S. The number of fused-ring (bicyclic) bond motifs is 1. The van der Waals surface area contributed by atoms with E-state index in [0.29, 0.717) is 12.1 Å². The molecule has 0 amide bonds. The molecular weight excluding hydrogens is 262 g/mol. The van der Waals surface area contributed by atoms with Crippen LogP contribution in [0.3, 0.4) is 0 Å². The minimum absolute atomic E-state index is 0.347. The Morgan fingerprint density at radius 1 is 1.63 bits per heavy atom. The molecule has 2 aromatic heterocycles. The van der Waals surface area contributed by atoms with Crippen LogP contribution in [0.15, 0.2) is 11.6 Å². The predicted octanol–water partition coefficient (Wildman–Crippen LogP) is 2.06. The molecule has 6 heteroatoms. The zero-order chi connectivity index (χ0) is 13.2. The maximum Gasteiger partial charge on any atom is 0.237 e. The van der Waals surface area contributed by atoms with Gasteiger partial charge in [-0.15, -0.1) is 11.3 Å². The molecule has 0 aromatic carbocycles. The molecule has 2 aromatic rings. The van der Waals surface area contributed by atoms with Crippen molar-refractivity contribution in [3.8, 4) is 5.88 Å². The molecule has 2 atom stereocenters. The molecule has 1 aliphatic heterocycles.